The molecule has 24 heavy (non-hydrogen) atoms. The molecule has 0 aromatic heterocycles. The van der Waals surface area contributed by atoms with Crippen LogP contribution in [0.1, 0.15) is 17.5 Å². The highest BCUT2D eigenvalue weighted by Crippen LogP contribution is 2.22. The van der Waals surface area contributed by atoms with Gasteiger partial charge in [-0.2, -0.15) is 5.26 Å². The predicted molar refractivity (Wildman–Crippen MR) is 89.8 cm³/mol. The summed E-state index contributed by atoms with van der Waals surface area (Å²) in [5.74, 6) is -0.564. The van der Waals surface area contributed by atoms with Crippen LogP contribution in [0.4, 0.5) is 5.69 Å². The molecule has 5 heteroatoms. The molecule has 1 aliphatic heterocycles. The van der Waals surface area contributed by atoms with Gasteiger partial charge in [0.2, 0.25) is 11.8 Å². The van der Waals surface area contributed by atoms with Crippen molar-refractivity contribution in [3.8, 4) is 6.07 Å². The molecule has 2 amide bonds. The average molecular weight is 319 g/mol. The van der Waals surface area contributed by atoms with Crippen LogP contribution in [0.25, 0.3) is 0 Å². The van der Waals surface area contributed by atoms with E-state index >= 15 is 0 Å². The van der Waals surface area contributed by atoms with Gasteiger partial charge >= 0.3 is 0 Å². The Hall–Kier alpha value is -3.13. The Kier molecular flexibility index (Phi) is 4.57. The van der Waals surface area contributed by atoms with E-state index in [0.29, 0.717) is 24.3 Å². The van der Waals surface area contributed by atoms with Crippen molar-refractivity contribution in [2.24, 2.45) is 5.92 Å². The Morgan fingerprint density at radius 3 is 2.75 bits per heavy atom. The van der Waals surface area contributed by atoms with Crippen molar-refractivity contribution in [1.82, 2.24) is 4.90 Å². The molecular formula is C19H17N3O2. The molecule has 120 valence electrons. The number of hydrogen-bond acceptors (Lipinski definition) is 3. The SMILES string of the molecule is N#Cc1cccc(NC(=O)[C@@H]2CC(=O)N(Cc3ccccc3)C2)c1. The molecular weight excluding hydrogens is 302 g/mol. The lowest BCUT2D eigenvalue weighted by Crippen LogP contribution is -2.28. The first-order chi connectivity index (χ1) is 11.7. The zero-order chi connectivity index (χ0) is 16.9. The second-order valence-corrected chi connectivity index (χ2v) is 5.84. The largest absolute Gasteiger partial charge is 0.338 e. The van der Waals surface area contributed by atoms with Crippen LogP contribution in [0.15, 0.2) is 54.6 Å². The Balaban J connectivity index is 1.62. The van der Waals surface area contributed by atoms with E-state index < -0.39 is 0 Å². The van der Waals surface area contributed by atoms with Crippen molar-refractivity contribution >= 4 is 17.5 Å². The van der Waals surface area contributed by atoms with Gasteiger partial charge in [0.15, 0.2) is 0 Å². The van der Waals surface area contributed by atoms with Crippen LogP contribution in [-0.4, -0.2) is 23.3 Å². The number of nitrogens with one attached hydrogen (secondary N) is 1. The quantitative estimate of drug-likeness (QED) is 0.941. The molecule has 0 spiro atoms. The lowest BCUT2D eigenvalue weighted by molar-refractivity contribution is -0.128. The van der Waals surface area contributed by atoms with Gasteiger partial charge in [-0.25, -0.2) is 0 Å². The number of nitrogens with zero attached hydrogens (tertiary/aromatic N) is 2. The first kappa shape index (κ1) is 15.8. The van der Waals surface area contributed by atoms with E-state index in [1.54, 1.807) is 29.2 Å². The summed E-state index contributed by atoms with van der Waals surface area (Å²) in [5.41, 5.74) is 2.11. The molecule has 0 bridgehead atoms. The number of hydrogen-bond donors (Lipinski definition) is 1. The van der Waals surface area contributed by atoms with Crippen LogP contribution in [0.3, 0.4) is 0 Å². The number of rotatable bonds is 4. The highest BCUT2D eigenvalue weighted by atomic mass is 16.2. The summed E-state index contributed by atoms with van der Waals surface area (Å²) < 4.78 is 0. The van der Waals surface area contributed by atoms with Crippen molar-refractivity contribution in [3.05, 3.63) is 65.7 Å². The van der Waals surface area contributed by atoms with Crippen LogP contribution in [0, 0.1) is 17.2 Å². The predicted octanol–water partition coefficient (Wildman–Crippen LogP) is 2.55. The van der Waals surface area contributed by atoms with Gasteiger partial charge in [0.25, 0.3) is 0 Å². The van der Waals surface area contributed by atoms with Gasteiger partial charge in [-0.05, 0) is 23.8 Å². The van der Waals surface area contributed by atoms with Crippen LogP contribution in [0.5, 0.6) is 0 Å². The average Bonchev–Trinajstić information content (AvgIpc) is 2.97. The molecule has 0 unspecified atom stereocenters. The van der Waals surface area contributed by atoms with Crippen LogP contribution < -0.4 is 5.32 Å². The van der Waals surface area contributed by atoms with Gasteiger partial charge in [-0.3, -0.25) is 9.59 Å². The molecule has 1 N–H and O–H groups in total. The summed E-state index contributed by atoms with van der Waals surface area (Å²) in [5, 5.41) is 11.7. The third-order valence-corrected chi connectivity index (χ3v) is 4.06. The van der Waals surface area contributed by atoms with Crippen molar-refractivity contribution in [2.45, 2.75) is 13.0 Å². The van der Waals surface area contributed by atoms with Gasteiger partial charge in [0, 0.05) is 25.2 Å². The van der Waals surface area contributed by atoms with Crippen LogP contribution in [0.2, 0.25) is 0 Å². The minimum atomic E-state index is -0.369. The maximum absolute atomic E-state index is 12.4. The number of likely N-dealkylation sites (tertiary alicyclic amines) is 1. The molecule has 0 saturated carbocycles. The minimum absolute atomic E-state index is 0.00946. The second kappa shape index (κ2) is 6.97. The summed E-state index contributed by atoms with van der Waals surface area (Å²) in [7, 11) is 0. The summed E-state index contributed by atoms with van der Waals surface area (Å²) in [6.45, 7) is 0.935. The Bertz CT molecular complexity index is 796. The fourth-order valence-corrected chi connectivity index (χ4v) is 2.82. The fourth-order valence-electron chi connectivity index (χ4n) is 2.82. The third-order valence-electron chi connectivity index (χ3n) is 4.06. The van der Waals surface area contributed by atoms with Gasteiger partial charge < -0.3 is 10.2 Å². The van der Waals surface area contributed by atoms with E-state index in [2.05, 4.69) is 5.32 Å². The molecule has 1 aliphatic rings. The van der Waals surface area contributed by atoms with Crippen molar-refractivity contribution in [2.75, 3.05) is 11.9 Å². The highest BCUT2D eigenvalue weighted by molar-refractivity contribution is 5.97. The van der Waals surface area contributed by atoms with Gasteiger partial charge in [-0.15, -0.1) is 0 Å². The zero-order valence-electron chi connectivity index (χ0n) is 13.1. The van der Waals surface area contributed by atoms with E-state index in [1.807, 2.05) is 36.4 Å². The number of carbonyl (C=O) groups is 2. The molecule has 2 aromatic carbocycles. The molecule has 0 aliphatic carbocycles. The van der Waals surface area contributed by atoms with Gasteiger partial charge in [0.05, 0.1) is 17.6 Å². The van der Waals surface area contributed by atoms with Crippen molar-refractivity contribution < 1.29 is 9.59 Å². The Morgan fingerprint density at radius 1 is 1.21 bits per heavy atom. The Labute approximate surface area is 140 Å². The minimum Gasteiger partial charge on any atom is -0.338 e. The lowest BCUT2D eigenvalue weighted by atomic mass is 10.1. The van der Waals surface area contributed by atoms with Gasteiger partial charge in [0.1, 0.15) is 0 Å². The van der Waals surface area contributed by atoms with E-state index in [-0.39, 0.29) is 24.2 Å². The summed E-state index contributed by atoms with van der Waals surface area (Å²) >= 11 is 0. The van der Waals surface area contributed by atoms with Crippen LogP contribution in [-0.2, 0) is 16.1 Å². The summed E-state index contributed by atoms with van der Waals surface area (Å²) in [4.78, 5) is 26.2. The molecule has 1 fully saturated rings. The van der Waals surface area contributed by atoms with Gasteiger partial charge in [-0.1, -0.05) is 36.4 Å². The van der Waals surface area contributed by atoms with E-state index in [9.17, 15) is 9.59 Å². The number of benzene rings is 2. The topological polar surface area (TPSA) is 73.2 Å². The third kappa shape index (κ3) is 3.61. The lowest BCUT2D eigenvalue weighted by Gasteiger charge is -2.16. The number of carbonyl (C=O) groups excluding carboxylic acids is 2. The van der Waals surface area contributed by atoms with Crippen molar-refractivity contribution in [3.63, 3.8) is 0 Å². The maximum Gasteiger partial charge on any atom is 0.229 e. The molecule has 1 saturated heterocycles. The standard InChI is InChI=1S/C19H17N3O2/c20-11-15-7-4-8-17(9-15)21-19(24)16-10-18(23)22(13-16)12-14-5-2-1-3-6-14/h1-9,16H,10,12-13H2,(H,21,24)/t16-/m1/s1. The van der Waals surface area contributed by atoms with E-state index in [0.717, 1.165) is 5.56 Å². The first-order valence-electron chi connectivity index (χ1n) is 7.78. The highest BCUT2D eigenvalue weighted by Gasteiger charge is 2.34. The molecule has 5 nitrogen and oxygen atoms in total. The molecule has 1 atom stereocenters. The Morgan fingerprint density at radius 2 is 2.00 bits per heavy atom. The summed E-state index contributed by atoms with van der Waals surface area (Å²) in [6.07, 6.45) is 0.219. The number of anilines is 1. The zero-order valence-corrected chi connectivity index (χ0v) is 13.1. The van der Waals surface area contributed by atoms with Crippen LogP contribution >= 0.6 is 0 Å². The molecule has 2 aromatic rings. The first-order valence-corrected chi connectivity index (χ1v) is 7.78. The monoisotopic (exact) mass is 319 g/mol. The smallest absolute Gasteiger partial charge is 0.229 e. The maximum atomic E-state index is 12.4. The number of amides is 2. The van der Waals surface area contributed by atoms with E-state index in [4.69, 9.17) is 5.26 Å². The molecule has 3 rings (SSSR count). The van der Waals surface area contributed by atoms with E-state index in [1.165, 1.54) is 0 Å². The van der Waals surface area contributed by atoms with Crippen molar-refractivity contribution in [1.29, 1.82) is 5.26 Å². The summed E-state index contributed by atoms with van der Waals surface area (Å²) in [6, 6.07) is 18.5. The fraction of sp³-hybridized carbons (Fsp3) is 0.211. The normalized spacial score (nSPS) is 16.7. The molecule has 0 radical (unpaired) electrons. The second-order valence-electron chi connectivity index (χ2n) is 5.84. The molecule has 1 heterocycles. The number of nitriles is 1.